The first-order chi connectivity index (χ1) is 8.67. The van der Waals surface area contributed by atoms with Crippen molar-refractivity contribution in [1.29, 1.82) is 0 Å². The van der Waals surface area contributed by atoms with Crippen molar-refractivity contribution >= 4 is 17.3 Å². The minimum absolute atomic E-state index is 0.588. The Morgan fingerprint density at radius 2 is 1.61 bits per heavy atom. The summed E-state index contributed by atoms with van der Waals surface area (Å²) in [5.74, 6) is 1.42. The lowest BCUT2D eigenvalue weighted by atomic mass is 10.0. The number of nitrogens with two attached hydrogens (primary N) is 1. The summed E-state index contributed by atoms with van der Waals surface area (Å²) in [6.07, 6.45) is 0. The highest BCUT2D eigenvalue weighted by molar-refractivity contribution is 6.31. The van der Waals surface area contributed by atoms with Crippen LogP contribution in [0.5, 0.6) is 11.5 Å². The van der Waals surface area contributed by atoms with Gasteiger partial charge in [0.2, 0.25) is 0 Å². The van der Waals surface area contributed by atoms with E-state index in [1.165, 1.54) is 0 Å². The highest BCUT2D eigenvalue weighted by Crippen LogP contribution is 2.41. The van der Waals surface area contributed by atoms with Gasteiger partial charge in [-0.25, -0.2) is 0 Å². The molecule has 3 nitrogen and oxygen atoms in total. The average Bonchev–Trinajstić information content (AvgIpc) is 2.38. The summed E-state index contributed by atoms with van der Waals surface area (Å²) >= 11 is 5.91. The second kappa shape index (κ2) is 5.19. The number of anilines is 1. The van der Waals surface area contributed by atoms with Gasteiger partial charge in [-0.15, -0.1) is 0 Å². The van der Waals surface area contributed by atoms with E-state index in [1.54, 1.807) is 26.4 Å². The number of methoxy groups -OCH3 is 2. The first-order valence-electron chi connectivity index (χ1n) is 5.43. The van der Waals surface area contributed by atoms with Crippen LogP contribution in [-0.4, -0.2) is 14.2 Å². The fourth-order valence-corrected chi connectivity index (χ4v) is 2.06. The van der Waals surface area contributed by atoms with Gasteiger partial charge in [-0.2, -0.15) is 0 Å². The van der Waals surface area contributed by atoms with Gasteiger partial charge in [-0.3, -0.25) is 0 Å². The molecule has 0 saturated heterocycles. The van der Waals surface area contributed by atoms with Crippen molar-refractivity contribution in [3.8, 4) is 22.6 Å². The maximum atomic E-state index is 6.01. The Hall–Kier alpha value is -1.87. The molecule has 0 radical (unpaired) electrons. The minimum Gasteiger partial charge on any atom is -0.496 e. The average molecular weight is 264 g/mol. The highest BCUT2D eigenvalue weighted by Gasteiger charge is 2.14. The number of nitrogen functional groups attached to an aromatic ring is 1. The van der Waals surface area contributed by atoms with Crippen LogP contribution in [0.4, 0.5) is 5.69 Å². The monoisotopic (exact) mass is 263 g/mol. The van der Waals surface area contributed by atoms with E-state index in [0.717, 1.165) is 11.1 Å². The number of benzene rings is 2. The van der Waals surface area contributed by atoms with E-state index < -0.39 is 0 Å². The molecule has 0 unspecified atom stereocenters. The normalized spacial score (nSPS) is 10.2. The Labute approximate surface area is 111 Å². The summed E-state index contributed by atoms with van der Waals surface area (Å²) < 4.78 is 10.7. The number of rotatable bonds is 3. The maximum Gasteiger partial charge on any atom is 0.130 e. The van der Waals surface area contributed by atoms with Gasteiger partial charge in [0.05, 0.1) is 19.8 Å². The molecular formula is C14H14ClNO2. The number of hydrogen-bond acceptors (Lipinski definition) is 3. The standard InChI is InChI=1S/C14H14ClNO2/c1-17-12-4-3-5-13(18-2)14(12)10-7-6-9(15)8-11(10)16/h3-8H,16H2,1-2H3. The van der Waals surface area contributed by atoms with Crippen molar-refractivity contribution in [2.75, 3.05) is 20.0 Å². The largest absolute Gasteiger partial charge is 0.496 e. The molecule has 2 aromatic carbocycles. The molecule has 0 bridgehead atoms. The van der Waals surface area contributed by atoms with Crippen molar-refractivity contribution in [1.82, 2.24) is 0 Å². The fourth-order valence-electron chi connectivity index (χ4n) is 1.88. The molecule has 0 amide bonds. The molecule has 0 heterocycles. The SMILES string of the molecule is COc1cccc(OC)c1-c1ccc(Cl)cc1N. The predicted octanol–water partition coefficient (Wildman–Crippen LogP) is 3.61. The molecule has 0 saturated carbocycles. The zero-order valence-corrected chi connectivity index (χ0v) is 11.0. The first kappa shape index (κ1) is 12.6. The van der Waals surface area contributed by atoms with Crippen molar-refractivity contribution in [3.63, 3.8) is 0 Å². The third kappa shape index (κ3) is 2.22. The molecule has 94 valence electrons. The van der Waals surface area contributed by atoms with Gasteiger partial charge < -0.3 is 15.2 Å². The summed E-state index contributed by atoms with van der Waals surface area (Å²) in [7, 11) is 3.23. The van der Waals surface area contributed by atoms with E-state index in [-0.39, 0.29) is 0 Å². The van der Waals surface area contributed by atoms with E-state index in [9.17, 15) is 0 Å². The topological polar surface area (TPSA) is 44.5 Å². The van der Waals surface area contributed by atoms with Crippen molar-refractivity contribution in [2.45, 2.75) is 0 Å². The van der Waals surface area contributed by atoms with Crippen LogP contribution in [-0.2, 0) is 0 Å². The highest BCUT2D eigenvalue weighted by atomic mass is 35.5. The van der Waals surface area contributed by atoms with Gasteiger partial charge in [-0.05, 0) is 24.3 Å². The lowest BCUT2D eigenvalue weighted by Crippen LogP contribution is -1.96. The zero-order valence-electron chi connectivity index (χ0n) is 10.2. The molecule has 0 aliphatic carbocycles. The molecule has 2 N–H and O–H groups in total. The van der Waals surface area contributed by atoms with Crippen LogP contribution in [0.15, 0.2) is 36.4 Å². The lowest BCUT2D eigenvalue weighted by molar-refractivity contribution is 0.397. The van der Waals surface area contributed by atoms with Crippen molar-refractivity contribution in [2.24, 2.45) is 0 Å². The van der Waals surface area contributed by atoms with Crippen LogP contribution >= 0.6 is 11.6 Å². The second-order valence-corrected chi connectivity index (χ2v) is 4.21. The van der Waals surface area contributed by atoms with E-state index in [1.807, 2.05) is 24.3 Å². The van der Waals surface area contributed by atoms with Gasteiger partial charge in [0.15, 0.2) is 0 Å². The molecule has 0 aliphatic rings. The fraction of sp³-hybridized carbons (Fsp3) is 0.143. The minimum atomic E-state index is 0.588. The van der Waals surface area contributed by atoms with Crippen LogP contribution in [0, 0.1) is 0 Å². The predicted molar refractivity (Wildman–Crippen MR) is 74.4 cm³/mol. The molecule has 0 atom stereocenters. The molecule has 0 spiro atoms. The summed E-state index contributed by atoms with van der Waals surface area (Å²) in [5, 5.41) is 0.602. The molecule has 0 aromatic heterocycles. The van der Waals surface area contributed by atoms with Crippen LogP contribution in [0.2, 0.25) is 5.02 Å². The molecule has 18 heavy (non-hydrogen) atoms. The lowest BCUT2D eigenvalue weighted by Gasteiger charge is -2.14. The van der Waals surface area contributed by atoms with Gasteiger partial charge in [-0.1, -0.05) is 23.7 Å². The molecule has 2 aromatic rings. The summed E-state index contributed by atoms with van der Waals surface area (Å²) in [5.41, 5.74) is 8.26. The summed E-state index contributed by atoms with van der Waals surface area (Å²) in [6, 6.07) is 11.0. The number of hydrogen-bond donors (Lipinski definition) is 1. The third-order valence-corrected chi connectivity index (χ3v) is 2.95. The second-order valence-electron chi connectivity index (χ2n) is 3.77. The maximum absolute atomic E-state index is 6.01. The van der Waals surface area contributed by atoms with Gasteiger partial charge in [0.1, 0.15) is 11.5 Å². The molecule has 0 fully saturated rings. The summed E-state index contributed by atoms with van der Waals surface area (Å²) in [6.45, 7) is 0. The van der Waals surface area contributed by atoms with E-state index in [2.05, 4.69) is 0 Å². The smallest absolute Gasteiger partial charge is 0.130 e. The van der Waals surface area contributed by atoms with Gasteiger partial charge >= 0.3 is 0 Å². The van der Waals surface area contributed by atoms with E-state index >= 15 is 0 Å². The van der Waals surface area contributed by atoms with Crippen LogP contribution in [0.25, 0.3) is 11.1 Å². The molecular weight excluding hydrogens is 250 g/mol. The van der Waals surface area contributed by atoms with Crippen molar-refractivity contribution < 1.29 is 9.47 Å². The quantitative estimate of drug-likeness (QED) is 0.861. The number of halogens is 1. The third-order valence-electron chi connectivity index (χ3n) is 2.71. The Morgan fingerprint density at radius 3 is 2.11 bits per heavy atom. The van der Waals surface area contributed by atoms with Crippen LogP contribution in [0.1, 0.15) is 0 Å². The summed E-state index contributed by atoms with van der Waals surface area (Å²) in [4.78, 5) is 0. The Bertz CT molecular complexity index is 547. The van der Waals surface area contributed by atoms with Gasteiger partial charge in [0.25, 0.3) is 0 Å². The molecule has 2 rings (SSSR count). The van der Waals surface area contributed by atoms with E-state index in [4.69, 9.17) is 26.8 Å². The first-order valence-corrected chi connectivity index (χ1v) is 5.81. The number of ether oxygens (including phenoxy) is 2. The Morgan fingerprint density at radius 1 is 1.00 bits per heavy atom. The molecule has 4 heteroatoms. The zero-order chi connectivity index (χ0) is 13.1. The Balaban J connectivity index is 2.68. The molecule has 0 aliphatic heterocycles. The van der Waals surface area contributed by atoms with Gasteiger partial charge in [0, 0.05) is 16.3 Å². The van der Waals surface area contributed by atoms with Crippen molar-refractivity contribution in [3.05, 3.63) is 41.4 Å². The van der Waals surface area contributed by atoms with E-state index in [0.29, 0.717) is 22.2 Å². The van der Waals surface area contributed by atoms with Crippen LogP contribution in [0.3, 0.4) is 0 Å². The van der Waals surface area contributed by atoms with Crippen LogP contribution < -0.4 is 15.2 Å². The Kier molecular flexibility index (Phi) is 3.63.